The summed E-state index contributed by atoms with van der Waals surface area (Å²) in [6.45, 7) is 3.94. The van der Waals surface area contributed by atoms with E-state index < -0.39 is 12.6 Å². The molecule has 5 heteroatoms. The summed E-state index contributed by atoms with van der Waals surface area (Å²) in [7, 11) is 0. The highest BCUT2D eigenvalue weighted by Crippen LogP contribution is 2.21. The third kappa shape index (κ3) is 5.37. The fraction of sp³-hybridized carbons (Fsp3) is 1.00. The van der Waals surface area contributed by atoms with Crippen LogP contribution in [0.3, 0.4) is 0 Å². The van der Waals surface area contributed by atoms with Crippen LogP contribution in [0.15, 0.2) is 0 Å². The molecule has 2 unspecified atom stereocenters. The summed E-state index contributed by atoms with van der Waals surface area (Å²) in [5.41, 5.74) is 0. The molecular formula is C10H18F3NO. The average Bonchev–Trinajstić information content (AvgIpc) is 2.63. The molecule has 0 saturated carbocycles. The first-order valence-corrected chi connectivity index (χ1v) is 5.37. The highest BCUT2D eigenvalue weighted by atomic mass is 19.4. The highest BCUT2D eigenvalue weighted by molar-refractivity contribution is 4.75. The van der Waals surface area contributed by atoms with Gasteiger partial charge in [-0.1, -0.05) is 0 Å². The first-order valence-electron chi connectivity index (χ1n) is 5.37. The molecule has 2 nitrogen and oxygen atoms in total. The number of hydrogen-bond acceptors (Lipinski definition) is 2. The summed E-state index contributed by atoms with van der Waals surface area (Å²) in [5, 5.41) is 3.12. The van der Waals surface area contributed by atoms with Crippen molar-refractivity contribution in [2.75, 3.05) is 19.8 Å². The summed E-state index contributed by atoms with van der Waals surface area (Å²) in [5.74, 6) is 0.455. The van der Waals surface area contributed by atoms with Gasteiger partial charge in [0.2, 0.25) is 0 Å². The topological polar surface area (TPSA) is 21.3 Å². The van der Waals surface area contributed by atoms with Gasteiger partial charge in [-0.05, 0) is 32.2 Å². The molecule has 1 aliphatic heterocycles. The minimum absolute atomic E-state index is 0.154. The van der Waals surface area contributed by atoms with E-state index in [9.17, 15) is 13.2 Å². The van der Waals surface area contributed by atoms with Crippen LogP contribution in [0.2, 0.25) is 0 Å². The lowest BCUT2D eigenvalue weighted by molar-refractivity contribution is -0.135. The van der Waals surface area contributed by atoms with Crippen molar-refractivity contribution in [1.82, 2.24) is 5.32 Å². The summed E-state index contributed by atoms with van der Waals surface area (Å²) in [6, 6.07) is 0.251. The van der Waals surface area contributed by atoms with E-state index >= 15 is 0 Å². The lowest BCUT2D eigenvalue weighted by Crippen LogP contribution is -2.34. The first-order chi connectivity index (χ1) is 6.99. The van der Waals surface area contributed by atoms with Gasteiger partial charge in [0.25, 0.3) is 0 Å². The molecule has 0 aromatic carbocycles. The minimum Gasteiger partial charge on any atom is -0.381 e. The lowest BCUT2D eigenvalue weighted by Gasteiger charge is -2.19. The highest BCUT2D eigenvalue weighted by Gasteiger charge is 2.26. The second-order valence-corrected chi connectivity index (χ2v) is 4.09. The van der Waals surface area contributed by atoms with Crippen molar-refractivity contribution in [3.05, 3.63) is 0 Å². The molecule has 90 valence electrons. The van der Waals surface area contributed by atoms with Crippen molar-refractivity contribution in [2.24, 2.45) is 5.92 Å². The quantitative estimate of drug-likeness (QED) is 0.725. The van der Waals surface area contributed by atoms with Gasteiger partial charge in [0, 0.05) is 19.1 Å². The Morgan fingerprint density at radius 1 is 1.47 bits per heavy atom. The summed E-state index contributed by atoms with van der Waals surface area (Å²) in [6.07, 6.45) is -3.57. The molecule has 15 heavy (non-hydrogen) atoms. The van der Waals surface area contributed by atoms with Gasteiger partial charge in [0.05, 0.1) is 6.61 Å². The van der Waals surface area contributed by atoms with Crippen molar-refractivity contribution in [2.45, 2.75) is 38.4 Å². The normalized spacial score (nSPS) is 24.4. The Labute approximate surface area is 88.2 Å². The van der Waals surface area contributed by atoms with Crippen LogP contribution >= 0.6 is 0 Å². The molecule has 0 aromatic rings. The van der Waals surface area contributed by atoms with Gasteiger partial charge in [0.15, 0.2) is 0 Å². The SMILES string of the molecule is CC(NCCCC(F)(F)F)C1CCOC1. The van der Waals surface area contributed by atoms with Crippen molar-refractivity contribution < 1.29 is 17.9 Å². The molecular weight excluding hydrogens is 207 g/mol. The maximum atomic E-state index is 11.8. The molecule has 1 N–H and O–H groups in total. The standard InChI is InChI=1S/C10H18F3NO/c1-8(9-3-6-15-7-9)14-5-2-4-10(11,12)13/h8-9,14H,2-7H2,1H3. The molecule has 0 aromatic heterocycles. The largest absolute Gasteiger partial charge is 0.389 e. The van der Waals surface area contributed by atoms with Crippen LogP contribution in [0.4, 0.5) is 13.2 Å². The van der Waals surface area contributed by atoms with E-state index in [1.54, 1.807) is 0 Å². The van der Waals surface area contributed by atoms with Crippen LogP contribution in [-0.2, 0) is 4.74 Å². The van der Waals surface area contributed by atoms with Gasteiger partial charge in [-0.2, -0.15) is 13.2 Å². The number of nitrogens with one attached hydrogen (secondary N) is 1. The maximum Gasteiger partial charge on any atom is 0.389 e. The Morgan fingerprint density at radius 2 is 2.20 bits per heavy atom. The summed E-state index contributed by atoms with van der Waals surface area (Å²) >= 11 is 0. The second-order valence-electron chi connectivity index (χ2n) is 4.09. The predicted octanol–water partition coefficient (Wildman–Crippen LogP) is 2.34. The van der Waals surface area contributed by atoms with Gasteiger partial charge in [-0.15, -0.1) is 0 Å². The van der Waals surface area contributed by atoms with Crippen LogP contribution in [0, 0.1) is 5.92 Å². The summed E-state index contributed by atoms with van der Waals surface area (Å²) < 4.78 is 40.7. The monoisotopic (exact) mass is 225 g/mol. The zero-order valence-electron chi connectivity index (χ0n) is 8.94. The zero-order valence-corrected chi connectivity index (χ0v) is 8.94. The summed E-state index contributed by atoms with van der Waals surface area (Å²) in [4.78, 5) is 0. The molecule has 1 fully saturated rings. The Balaban J connectivity index is 2.04. The maximum absolute atomic E-state index is 11.8. The van der Waals surface area contributed by atoms with E-state index in [1.807, 2.05) is 6.92 Å². The number of alkyl halides is 3. The van der Waals surface area contributed by atoms with Gasteiger partial charge in [-0.25, -0.2) is 0 Å². The molecule has 1 aliphatic rings. The van der Waals surface area contributed by atoms with Crippen molar-refractivity contribution >= 4 is 0 Å². The molecule has 2 atom stereocenters. The second kappa shape index (κ2) is 5.70. The third-order valence-corrected chi connectivity index (χ3v) is 2.78. The van der Waals surface area contributed by atoms with E-state index in [1.165, 1.54) is 0 Å². The molecule has 0 amide bonds. The van der Waals surface area contributed by atoms with Crippen LogP contribution in [0.25, 0.3) is 0 Å². The van der Waals surface area contributed by atoms with E-state index in [0.717, 1.165) is 19.6 Å². The lowest BCUT2D eigenvalue weighted by atomic mass is 10.0. The Bertz CT molecular complexity index is 178. The van der Waals surface area contributed by atoms with Gasteiger partial charge in [-0.3, -0.25) is 0 Å². The predicted molar refractivity (Wildman–Crippen MR) is 51.7 cm³/mol. The van der Waals surface area contributed by atoms with Crippen LogP contribution in [0.1, 0.15) is 26.2 Å². The van der Waals surface area contributed by atoms with E-state index in [-0.39, 0.29) is 12.5 Å². The smallest absolute Gasteiger partial charge is 0.381 e. The molecule has 1 heterocycles. The Hall–Kier alpha value is -0.290. The third-order valence-electron chi connectivity index (χ3n) is 2.78. The van der Waals surface area contributed by atoms with Crippen LogP contribution in [-0.4, -0.2) is 32.0 Å². The van der Waals surface area contributed by atoms with Gasteiger partial charge < -0.3 is 10.1 Å². The van der Waals surface area contributed by atoms with Gasteiger partial charge in [0.1, 0.15) is 0 Å². The fourth-order valence-electron chi connectivity index (χ4n) is 1.73. The molecule has 0 bridgehead atoms. The van der Waals surface area contributed by atoms with Gasteiger partial charge >= 0.3 is 6.18 Å². The van der Waals surface area contributed by atoms with E-state index in [0.29, 0.717) is 12.5 Å². The van der Waals surface area contributed by atoms with Crippen LogP contribution in [0.5, 0.6) is 0 Å². The number of rotatable bonds is 5. The molecule has 0 spiro atoms. The number of ether oxygens (including phenoxy) is 1. The first kappa shape index (κ1) is 12.8. The fourth-order valence-corrected chi connectivity index (χ4v) is 1.73. The molecule has 0 aliphatic carbocycles. The average molecular weight is 225 g/mol. The Kier molecular flexibility index (Phi) is 4.86. The van der Waals surface area contributed by atoms with Crippen LogP contribution < -0.4 is 5.32 Å². The molecule has 1 rings (SSSR count). The van der Waals surface area contributed by atoms with E-state index in [2.05, 4.69) is 5.32 Å². The minimum atomic E-state index is -4.03. The number of halogens is 3. The van der Waals surface area contributed by atoms with Crippen molar-refractivity contribution in [1.29, 1.82) is 0 Å². The van der Waals surface area contributed by atoms with E-state index in [4.69, 9.17) is 4.74 Å². The zero-order chi connectivity index (χ0) is 11.3. The van der Waals surface area contributed by atoms with Crippen molar-refractivity contribution in [3.8, 4) is 0 Å². The van der Waals surface area contributed by atoms with Crippen molar-refractivity contribution in [3.63, 3.8) is 0 Å². The number of hydrogen-bond donors (Lipinski definition) is 1. The molecule has 1 saturated heterocycles. The Morgan fingerprint density at radius 3 is 2.73 bits per heavy atom. The molecule has 0 radical (unpaired) electrons.